The van der Waals surface area contributed by atoms with Crippen LogP contribution in [0.1, 0.15) is 36.0 Å². The molecule has 3 amide bonds. The molecule has 39 heavy (non-hydrogen) atoms. The molecule has 3 fully saturated rings. The van der Waals surface area contributed by atoms with Crippen LogP contribution in [-0.4, -0.2) is 55.9 Å². The summed E-state index contributed by atoms with van der Waals surface area (Å²) >= 11 is 6.27. The molecule has 3 unspecified atom stereocenters. The smallest absolute Gasteiger partial charge is 0.420 e. The minimum Gasteiger partial charge on any atom is -0.452 e. The van der Waals surface area contributed by atoms with Gasteiger partial charge in [0.2, 0.25) is 0 Å². The molecule has 0 radical (unpaired) electrons. The molecule has 1 aliphatic heterocycles. The van der Waals surface area contributed by atoms with Gasteiger partial charge in [0.05, 0.1) is 28.8 Å². The Bertz CT molecular complexity index is 1470. The summed E-state index contributed by atoms with van der Waals surface area (Å²) in [5.74, 6) is -6.39. The average Bonchev–Trinajstić information content (AvgIpc) is 3.35. The topological polar surface area (TPSA) is 119 Å². The van der Waals surface area contributed by atoms with E-state index in [4.69, 9.17) is 16.3 Å². The molecule has 1 saturated heterocycles. The van der Waals surface area contributed by atoms with Crippen molar-refractivity contribution in [2.45, 2.75) is 41.4 Å². The van der Waals surface area contributed by atoms with E-state index >= 15 is 0 Å². The number of carbonyl (C=O) groups excluding carboxylic acids is 3. The normalized spacial score (nSPS) is 26.0. The summed E-state index contributed by atoms with van der Waals surface area (Å²) in [5, 5.41) is 1.23. The van der Waals surface area contributed by atoms with Crippen LogP contribution in [0.4, 0.5) is 28.4 Å². The van der Waals surface area contributed by atoms with Crippen molar-refractivity contribution >= 4 is 45.2 Å². The molecule has 2 aromatic carbocycles. The second kappa shape index (κ2) is 9.70. The summed E-state index contributed by atoms with van der Waals surface area (Å²) < 4.78 is 78.3. The number of methoxy groups -OCH3 is 1. The van der Waals surface area contributed by atoms with Gasteiger partial charge >= 0.3 is 12.2 Å². The van der Waals surface area contributed by atoms with Crippen LogP contribution in [0.15, 0.2) is 35.2 Å². The molecule has 5 rings (SSSR count). The molecule has 3 aliphatic rings. The average molecular weight is 587 g/mol. The first-order chi connectivity index (χ1) is 18.3. The van der Waals surface area contributed by atoms with Crippen molar-refractivity contribution in [1.82, 2.24) is 4.90 Å². The Labute approximate surface area is 226 Å². The van der Waals surface area contributed by atoms with E-state index in [9.17, 15) is 36.0 Å². The van der Waals surface area contributed by atoms with Crippen LogP contribution in [0.25, 0.3) is 0 Å². The zero-order chi connectivity index (χ0) is 28.3. The van der Waals surface area contributed by atoms with Gasteiger partial charge < -0.3 is 14.8 Å². The van der Waals surface area contributed by atoms with Gasteiger partial charge in [0.15, 0.2) is 27.3 Å². The van der Waals surface area contributed by atoms with E-state index in [-0.39, 0.29) is 40.6 Å². The lowest BCUT2D eigenvalue weighted by Crippen LogP contribution is -2.48. The highest BCUT2D eigenvalue weighted by Crippen LogP contribution is 2.54. The summed E-state index contributed by atoms with van der Waals surface area (Å²) in [5.41, 5.74) is -1.53. The molecule has 1 spiro atoms. The summed E-state index contributed by atoms with van der Waals surface area (Å²) in [6.07, 6.45) is -0.174. The maximum absolute atomic E-state index is 13.9. The fourth-order valence-corrected chi connectivity index (χ4v) is 8.89. The lowest BCUT2D eigenvalue weighted by atomic mass is 9.77. The van der Waals surface area contributed by atoms with Crippen LogP contribution >= 0.6 is 11.6 Å². The molecule has 9 nitrogen and oxygen atoms in total. The molecule has 208 valence electrons. The maximum Gasteiger partial charge on any atom is 0.420 e. The van der Waals surface area contributed by atoms with Gasteiger partial charge in [-0.2, -0.15) is 0 Å². The van der Waals surface area contributed by atoms with E-state index < -0.39 is 68.1 Å². The standard InChI is InChI=1S/C25H22ClF3N2O7S/c1-37-23(33)31-11-25(38-24(31)34)9-13-2-3-14(10-25)21(13)39(35,36)19-6-12(4-5-16(19)26)22(32)30-15-7-17(27)20(29)18(28)8-15/h4-8,13-14,21H,2-3,9-11H2,1H3,(H,30,32)/t13-,14?,21?,25?/m0/s1. The fraction of sp³-hybridized carbons (Fsp3) is 0.400. The van der Waals surface area contributed by atoms with Gasteiger partial charge in [-0.1, -0.05) is 11.6 Å². The number of amides is 3. The van der Waals surface area contributed by atoms with Gasteiger partial charge in [0, 0.05) is 23.4 Å². The second-order valence-corrected chi connectivity index (χ2v) is 12.5. The zero-order valence-electron chi connectivity index (χ0n) is 20.4. The van der Waals surface area contributed by atoms with Gasteiger partial charge in [-0.3, -0.25) is 4.79 Å². The van der Waals surface area contributed by atoms with Gasteiger partial charge in [0.25, 0.3) is 5.91 Å². The SMILES string of the molecule is COC(=O)N1CC2(CC3CC[C@@H](C2)C3S(=O)(=O)c2cc(C(=O)Nc3cc(F)c(F)c(F)c3)ccc2Cl)OC1=O. The second-order valence-electron chi connectivity index (χ2n) is 9.98. The first-order valence-corrected chi connectivity index (χ1v) is 13.9. The molecule has 2 aliphatic carbocycles. The van der Waals surface area contributed by atoms with Gasteiger partial charge in [-0.25, -0.2) is 36.1 Å². The molecule has 1 N–H and O–H groups in total. The number of halogens is 4. The van der Waals surface area contributed by atoms with Crippen molar-refractivity contribution < 1.29 is 45.4 Å². The molecule has 1 heterocycles. The first-order valence-electron chi connectivity index (χ1n) is 11.9. The highest BCUT2D eigenvalue weighted by atomic mass is 35.5. The Kier molecular flexibility index (Phi) is 6.78. The Morgan fingerprint density at radius 3 is 2.31 bits per heavy atom. The Hall–Kier alpha value is -3.32. The van der Waals surface area contributed by atoms with Crippen molar-refractivity contribution in [2.24, 2.45) is 11.8 Å². The van der Waals surface area contributed by atoms with Crippen molar-refractivity contribution in [3.8, 4) is 0 Å². The van der Waals surface area contributed by atoms with Crippen molar-refractivity contribution in [2.75, 3.05) is 19.0 Å². The quantitative estimate of drug-likeness (QED) is 0.505. The molecule has 2 bridgehead atoms. The van der Waals surface area contributed by atoms with Crippen LogP contribution < -0.4 is 5.32 Å². The van der Waals surface area contributed by atoms with Gasteiger partial charge in [0.1, 0.15) is 5.60 Å². The molecule has 14 heteroatoms. The van der Waals surface area contributed by atoms with Crippen molar-refractivity contribution in [1.29, 1.82) is 0 Å². The first kappa shape index (κ1) is 27.3. The summed E-state index contributed by atoms with van der Waals surface area (Å²) in [7, 11) is -2.96. The Morgan fingerprint density at radius 2 is 1.72 bits per heavy atom. The molecular formula is C25H22ClF3N2O7S. The third kappa shape index (κ3) is 4.71. The minimum absolute atomic E-state index is 0.0424. The number of benzene rings is 2. The zero-order valence-corrected chi connectivity index (χ0v) is 22.0. The van der Waals surface area contributed by atoms with E-state index in [0.717, 1.165) is 18.1 Å². The molecule has 4 atom stereocenters. The van der Waals surface area contributed by atoms with Crippen molar-refractivity contribution in [3.63, 3.8) is 0 Å². The number of sulfone groups is 1. The van der Waals surface area contributed by atoms with Crippen LogP contribution in [0.5, 0.6) is 0 Å². The number of rotatable bonds is 4. The van der Waals surface area contributed by atoms with E-state index in [1.807, 2.05) is 0 Å². The third-order valence-corrected chi connectivity index (χ3v) is 10.5. The minimum atomic E-state index is -4.10. The molecular weight excluding hydrogens is 565 g/mol. The van der Waals surface area contributed by atoms with Crippen LogP contribution in [-0.2, 0) is 19.3 Å². The number of ether oxygens (including phenoxy) is 2. The van der Waals surface area contributed by atoms with Crippen LogP contribution in [0, 0.1) is 29.3 Å². The largest absolute Gasteiger partial charge is 0.452 e. The number of carbonyl (C=O) groups is 3. The number of fused-ring (bicyclic) bond motifs is 2. The molecule has 2 saturated carbocycles. The molecule has 0 aromatic heterocycles. The number of hydrogen-bond acceptors (Lipinski definition) is 7. The summed E-state index contributed by atoms with van der Waals surface area (Å²) in [6, 6.07) is 4.75. The summed E-state index contributed by atoms with van der Waals surface area (Å²) in [4.78, 5) is 37.5. The van der Waals surface area contributed by atoms with Crippen LogP contribution in [0.2, 0.25) is 5.02 Å². The highest BCUT2D eigenvalue weighted by molar-refractivity contribution is 7.92. The van der Waals surface area contributed by atoms with E-state index in [1.165, 1.54) is 12.1 Å². The predicted octanol–water partition coefficient (Wildman–Crippen LogP) is 4.93. The lowest BCUT2D eigenvalue weighted by Gasteiger charge is -2.40. The lowest BCUT2D eigenvalue weighted by molar-refractivity contribution is 0.00432. The maximum atomic E-state index is 13.9. The Morgan fingerprint density at radius 1 is 1.10 bits per heavy atom. The van der Waals surface area contributed by atoms with Gasteiger partial charge in [-0.05, 0) is 55.7 Å². The number of imide groups is 1. The van der Waals surface area contributed by atoms with E-state index in [0.29, 0.717) is 25.0 Å². The third-order valence-electron chi connectivity index (χ3n) is 7.57. The highest BCUT2D eigenvalue weighted by Gasteiger charge is 2.60. The Balaban J connectivity index is 1.39. The monoisotopic (exact) mass is 586 g/mol. The van der Waals surface area contributed by atoms with Gasteiger partial charge in [-0.15, -0.1) is 0 Å². The number of nitrogens with zero attached hydrogens (tertiary/aromatic N) is 1. The molecule has 2 aromatic rings. The predicted molar refractivity (Wildman–Crippen MR) is 130 cm³/mol. The van der Waals surface area contributed by atoms with E-state index in [2.05, 4.69) is 10.1 Å². The van der Waals surface area contributed by atoms with E-state index in [1.54, 1.807) is 0 Å². The van der Waals surface area contributed by atoms with Crippen LogP contribution in [0.3, 0.4) is 0 Å². The fourth-order valence-electron chi connectivity index (χ4n) is 6.05. The van der Waals surface area contributed by atoms with Crippen molar-refractivity contribution in [3.05, 3.63) is 58.4 Å². The number of nitrogens with one attached hydrogen (secondary N) is 1. The number of anilines is 1. The number of hydrogen-bond donors (Lipinski definition) is 1. The summed E-state index contributed by atoms with van der Waals surface area (Å²) in [6.45, 7) is -0.0424.